The molecule has 0 spiro atoms. The standard InChI is InChI=1S/C15H18N4/c1-15(2,3)18-11-12-6-4-5-7-13(12)19-9-8-17-14(19)10-16/h4-9,18H,11H2,1-3H3. The van der Waals surface area contributed by atoms with Gasteiger partial charge in [0.2, 0.25) is 5.82 Å². The SMILES string of the molecule is CC(C)(C)NCc1ccccc1-n1ccnc1C#N. The normalized spacial score (nSPS) is 11.3. The molecule has 0 amide bonds. The van der Waals surface area contributed by atoms with Crippen molar-refractivity contribution in [3.63, 3.8) is 0 Å². The highest BCUT2D eigenvalue weighted by atomic mass is 15.1. The van der Waals surface area contributed by atoms with Crippen LogP contribution in [0.25, 0.3) is 5.69 Å². The number of rotatable bonds is 3. The van der Waals surface area contributed by atoms with E-state index in [1.54, 1.807) is 6.20 Å². The zero-order chi connectivity index (χ0) is 13.9. The monoisotopic (exact) mass is 254 g/mol. The zero-order valence-corrected chi connectivity index (χ0v) is 11.5. The molecule has 0 atom stereocenters. The molecule has 4 nitrogen and oxygen atoms in total. The molecule has 0 aliphatic heterocycles. The third-order valence-corrected chi connectivity index (χ3v) is 2.80. The van der Waals surface area contributed by atoms with Crippen molar-refractivity contribution < 1.29 is 0 Å². The van der Waals surface area contributed by atoms with E-state index < -0.39 is 0 Å². The summed E-state index contributed by atoms with van der Waals surface area (Å²) in [5.74, 6) is 0.406. The molecule has 19 heavy (non-hydrogen) atoms. The molecule has 2 rings (SSSR count). The van der Waals surface area contributed by atoms with E-state index in [0.717, 1.165) is 17.8 Å². The second kappa shape index (κ2) is 5.25. The summed E-state index contributed by atoms with van der Waals surface area (Å²) >= 11 is 0. The topological polar surface area (TPSA) is 53.6 Å². The minimum Gasteiger partial charge on any atom is -0.308 e. The Morgan fingerprint density at radius 1 is 1.32 bits per heavy atom. The molecule has 1 heterocycles. The highest BCUT2D eigenvalue weighted by Crippen LogP contribution is 2.17. The minimum atomic E-state index is 0.0557. The van der Waals surface area contributed by atoms with Crippen molar-refractivity contribution >= 4 is 0 Å². The van der Waals surface area contributed by atoms with E-state index in [-0.39, 0.29) is 5.54 Å². The first-order valence-electron chi connectivity index (χ1n) is 6.28. The lowest BCUT2D eigenvalue weighted by Gasteiger charge is -2.21. The molecule has 0 fully saturated rings. The highest BCUT2D eigenvalue weighted by molar-refractivity contribution is 5.43. The predicted octanol–water partition coefficient (Wildman–Crippen LogP) is 2.63. The number of benzene rings is 1. The van der Waals surface area contributed by atoms with Crippen LogP contribution in [-0.4, -0.2) is 15.1 Å². The van der Waals surface area contributed by atoms with Gasteiger partial charge in [0.25, 0.3) is 0 Å². The molecule has 0 saturated carbocycles. The van der Waals surface area contributed by atoms with E-state index >= 15 is 0 Å². The van der Waals surface area contributed by atoms with Gasteiger partial charge in [-0.15, -0.1) is 0 Å². The van der Waals surface area contributed by atoms with Crippen LogP contribution in [0.3, 0.4) is 0 Å². The second-order valence-electron chi connectivity index (χ2n) is 5.46. The molecule has 0 unspecified atom stereocenters. The van der Waals surface area contributed by atoms with Crippen LogP contribution < -0.4 is 5.32 Å². The Bertz CT molecular complexity index is 599. The van der Waals surface area contributed by atoms with E-state index in [0.29, 0.717) is 5.82 Å². The van der Waals surface area contributed by atoms with E-state index in [1.165, 1.54) is 0 Å². The van der Waals surface area contributed by atoms with Gasteiger partial charge in [-0.25, -0.2) is 4.98 Å². The summed E-state index contributed by atoms with van der Waals surface area (Å²) in [7, 11) is 0. The number of nitrogens with zero attached hydrogens (tertiary/aromatic N) is 3. The summed E-state index contributed by atoms with van der Waals surface area (Å²) < 4.78 is 1.82. The van der Waals surface area contributed by atoms with Gasteiger partial charge in [-0.05, 0) is 32.4 Å². The van der Waals surface area contributed by atoms with Crippen LogP contribution in [-0.2, 0) is 6.54 Å². The largest absolute Gasteiger partial charge is 0.308 e. The fraction of sp³-hybridized carbons (Fsp3) is 0.333. The maximum absolute atomic E-state index is 9.07. The van der Waals surface area contributed by atoms with Crippen LogP contribution in [0.4, 0.5) is 0 Å². The molecular weight excluding hydrogens is 236 g/mol. The van der Waals surface area contributed by atoms with Gasteiger partial charge < -0.3 is 5.32 Å². The van der Waals surface area contributed by atoms with E-state index in [1.807, 2.05) is 29.0 Å². The molecule has 1 N–H and O–H groups in total. The van der Waals surface area contributed by atoms with Gasteiger partial charge >= 0.3 is 0 Å². The lowest BCUT2D eigenvalue weighted by atomic mass is 10.1. The maximum Gasteiger partial charge on any atom is 0.217 e. The number of nitriles is 1. The van der Waals surface area contributed by atoms with Crippen molar-refractivity contribution in [3.05, 3.63) is 48.0 Å². The first-order valence-corrected chi connectivity index (χ1v) is 6.28. The molecule has 0 bridgehead atoms. The van der Waals surface area contributed by atoms with Gasteiger partial charge in [0, 0.05) is 24.5 Å². The summed E-state index contributed by atoms with van der Waals surface area (Å²) in [6.07, 6.45) is 3.46. The number of para-hydroxylation sites is 1. The molecule has 0 saturated heterocycles. The predicted molar refractivity (Wildman–Crippen MR) is 74.9 cm³/mol. The van der Waals surface area contributed by atoms with E-state index in [9.17, 15) is 0 Å². The van der Waals surface area contributed by atoms with Gasteiger partial charge in [-0.3, -0.25) is 4.57 Å². The molecular formula is C15H18N4. The van der Waals surface area contributed by atoms with Crippen molar-refractivity contribution in [2.75, 3.05) is 0 Å². The molecule has 2 aromatic rings. The third-order valence-electron chi connectivity index (χ3n) is 2.80. The second-order valence-corrected chi connectivity index (χ2v) is 5.46. The first kappa shape index (κ1) is 13.3. The summed E-state index contributed by atoms with van der Waals surface area (Å²) in [6.45, 7) is 7.15. The van der Waals surface area contributed by atoms with Gasteiger partial charge in [0.05, 0.1) is 5.69 Å². The molecule has 0 aliphatic carbocycles. The Morgan fingerprint density at radius 2 is 2.05 bits per heavy atom. The summed E-state index contributed by atoms with van der Waals surface area (Å²) in [5, 5.41) is 12.5. The highest BCUT2D eigenvalue weighted by Gasteiger charge is 2.12. The fourth-order valence-electron chi connectivity index (χ4n) is 1.84. The lowest BCUT2D eigenvalue weighted by molar-refractivity contribution is 0.424. The van der Waals surface area contributed by atoms with Crippen LogP contribution in [0.5, 0.6) is 0 Å². The summed E-state index contributed by atoms with van der Waals surface area (Å²) in [5.41, 5.74) is 2.19. The van der Waals surface area contributed by atoms with Crippen molar-refractivity contribution in [2.24, 2.45) is 0 Å². The molecule has 98 valence electrons. The summed E-state index contributed by atoms with van der Waals surface area (Å²) in [6, 6.07) is 10.1. The smallest absolute Gasteiger partial charge is 0.217 e. The zero-order valence-electron chi connectivity index (χ0n) is 11.5. The van der Waals surface area contributed by atoms with Gasteiger partial charge in [0.1, 0.15) is 6.07 Å². The number of aromatic nitrogens is 2. The molecule has 1 aromatic carbocycles. The van der Waals surface area contributed by atoms with Gasteiger partial charge in [0.15, 0.2) is 0 Å². The Hall–Kier alpha value is -2.12. The van der Waals surface area contributed by atoms with Crippen LogP contribution >= 0.6 is 0 Å². The van der Waals surface area contributed by atoms with Crippen LogP contribution in [0.15, 0.2) is 36.7 Å². The van der Waals surface area contributed by atoms with Gasteiger partial charge in [-0.1, -0.05) is 18.2 Å². The van der Waals surface area contributed by atoms with Crippen LogP contribution in [0.2, 0.25) is 0 Å². The Labute approximate surface area is 113 Å². The third kappa shape index (κ3) is 3.21. The van der Waals surface area contributed by atoms with Crippen molar-refractivity contribution in [3.8, 4) is 11.8 Å². The number of hydrogen-bond donors (Lipinski definition) is 1. The van der Waals surface area contributed by atoms with Crippen molar-refractivity contribution in [1.82, 2.24) is 14.9 Å². The number of imidazole rings is 1. The Kier molecular flexibility index (Phi) is 3.68. The van der Waals surface area contributed by atoms with Gasteiger partial charge in [-0.2, -0.15) is 5.26 Å². The van der Waals surface area contributed by atoms with Crippen LogP contribution in [0, 0.1) is 11.3 Å². The quantitative estimate of drug-likeness (QED) is 0.916. The molecule has 4 heteroatoms. The van der Waals surface area contributed by atoms with Crippen molar-refractivity contribution in [2.45, 2.75) is 32.9 Å². The average molecular weight is 254 g/mol. The Balaban J connectivity index is 2.34. The Morgan fingerprint density at radius 3 is 2.74 bits per heavy atom. The number of nitrogens with one attached hydrogen (secondary N) is 1. The first-order chi connectivity index (χ1) is 9.01. The van der Waals surface area contributed by atoms with Crippen LogP contribution in [0.1, 0.15) is 32.2 Å². The fourth-order valence-corrected chi connectivity index (χ4v) is 1.84. The summed E-state index contributed by atoms with van der Waals surface area (Å²) in [4.78, 5) is 4.04. The molecule has 1 aromatic heterocycles. The average Bonchev–Trinajstić information content (AvgIpc) is 2.84. The lowest BCUT2D eigenvalue weighted by Crippen LogP contribution is -2.35. The maximum atomic E-state index is 9.07. The molecule has 0 aliphatic rings. The van der Waals surface area contributed by atoms with E-state index in [2.05, 4.69) is 43.2 Å². The minimum absolute atomic E-state index is 0.0557. The van der Waals surface area contributed by atoms with E-state index in [4.69, 9.17) is 5.26 Å². The molecule has 0 radical (unpaired) electrons. The number of hydrogen-bond acceptors (Lipinski definition) is 3. The van der Waals surface area contributed by atoms with Crippen molar-refractivity contribution in [1.29, 1.82) is 5.26 Å².